The maximum Gasteiger partial charge on any atom is 0.215 e. The lowest BCUT2D eigenvalue weighted by atomic mass is 10.5. The predicted molar refractivity (Wildman–Crippen MR) is 72.7 cm³/mol. The zero-order valence-corrected chi connectivity index (χ0v) is 12.3. The Morgan fingerprint density at radius 3 is 2.24 bits per heavy atom. The third-order valence-corrected chi connectivity index (χ3v) is 4.67. The van der Waals surface area contributed by atoms with Crippen LogP contribution >= 0.6 is 0 Å². The van der Waals surface area contributed by atoms with Gasteiger partial charge in [0.1, 0.15) is 0 Å². The van der Waals surface area contributed by atoms with Crippen molar-refractivity contribution in [2.24, 2.45) is 0 Å². The second kappa shape index (κ2) is 8.85. The quantitative estimate of drug-likeness (QED) is 0.594. The Morgan fingerprint density at radius 2 is 1.76 bits per heavy atom. The van der Waals surface area contributed by atoms with Gasteiger partial charge in [-0.2, -0.15) is 0 Å². The molecule has 0 fully saturated rings. The molecular formula is C11H27N3O2S. The molecule has 0 aliphatic heterocycles. The number of nitrogens with one attached hydrogen (secondary N) is 2. The van der Waals surface area contributed by atoms with Crippen LogP contribution in [0.15, 0.2) is 0 Å². The predicted octanol–water partition coefficient (Wildman–Crippen LogP) is 0.246. The van der Waals surface area contributed by atoms with Crippen LogP contribution in [0.2, 0.25) is 0 Å². The van der Waals surface area contributed by atoms with Gasteiger partial charge >= 0.3 is 0 Å². The summed E-state index contributed by atoms with van der Waals surface area (Å²) in [7, 11) is -3.18. The highest BCUT2D eigenvalue weighted by Gasteiger charge is 2.19. The number of nitrogens with zero attached hydrogens (tertiary/aromatic N) is 1. The van der Waals surface area contributed by atoms with E-state index in [9.17, 15) is 8.42 Å². The summed E-state index contributed by atoms with van der Waals surface area (Å²) in [5.74, 6) is 0. The van der Waals surface area contributed by atoms with E-state index in [1.807, 2.05) is 6.92 Å². The first kappa shape index (κ1) is 16.8. The van der Waals surface area contributed by atoms with Gasteiger partial charge in [0.25, 0.3) is 0 Å². The van der Waals surface area contributed by atoms with E-state index in [-0.39, 0.29) is 5.25 Å². The highest BCUT2D eigenvalue weighted by molar-refractivity contribution is 7.90. The summed E-state index contributed by atoms with van der Waals surface area (Å²) < 4.78 is 26.3. The summed E-state index contributed by atoms with van der Waals surface area (Å²) in [6.07, 6.45) is 0. The minimum atomic E-state index is -3.18. The van der Waals surface area contributed by atoms with Crippen LogP contribution in [-0.2, 0) is 10.0 Å². The number of rotatable bonds is 10. The molecule has 5 nitrogen and oxygen atoms in total. The van der Waals surface area contributed by atoms with Gasteiger partial charge in [0.05, 0.1) is 5.25 Å². The van der Waals surface area contributed by atoms with Crippen LogP contribution < -0.4 is 10.0 Å². The molecule has 0 bridgehead atoms. The topological polar surface area (TPSA) is 61.4 Å². The molecule has 2 N–H and O–H groups in total. The molecule has 17 heavy (non-hydrogen) atoms. The maximum absolute atomic E-state index is 11.8. The van der Waals surface area contributed by atoms with Crippen molar-refractivity contribution in [3.8, 4) is 0 Å². The fourth-order valence-corrected chi connectivity index (χ4v) is 2.48. The molecule has 0 saturated heterocycles. The zero-order valence-electron chi connectivity index (χ0n) is 11.5. The first-order valence-electron chi connectivity index (χ1n) is 6.39. The van der Waals surface area contributed by atoms with Crippen molar-refractivity contribution in [3.05, 3.63) is 0 Å². The van der Waals surface area contributed by atoms with Gasteiger partial charge in [-0.15, -0.1) is 0 Å². The number of hydrogen-bond donors (Lipinski definition) is 2. The zero-order chi connectivity index (χ0) is 13.3. The molecule has 0 saturated carbocycles. The third kappa shape index (κ3) is 6.98. The SMILES string of the molecule is CCNCC(C)S(=O)(=O)NCCN(CC)CC. The van der Waals surface area contributed by atoms with Crippen LogP contribution in [-0.4, -0.2) is 57.8 Å². The molecule has 0 aliphatic rings. The minimum Gasteiger partial charge on any atom is -0.316 e. The summed E-state index contributed by atoms with van der Waals surface area (Å²) in [6, 6.07) is 0. The monoisotopic (exact) mass is 265 g/mol. The number of sulfonamides is 1. The average Bonchev–Trinajstić information content (AvgIpc) is 2.31. The largest absolute Gasteiger partial charge is 0.316 e. The average molecular weight is 265 g/mol. The molecule has 104 valence electrons. The van der Waals surface area contributed by atoms with Crippen LogP contribution in [0.25, 0.3) is 0 Å². The van der Waals surface area contributed by atoms with Crippen molar-refractivity contribution in [1.82, 2.24) is 14.9 Å². The summed E-state index contributed by atoms with van der Waals surface area (Å²) in [4.78, 5) is 2.19. The molecule has 0 aromatic heterocycles. The Morgan fingerprint density at radius 1 is 1.18 bits per heavy atom. The van der Waals surface area contributed by atoms with Gasteiger partial charge < -0.3 is 10.2 Å². The van der Waals surface area contributed by atoms with Gasteiger partial charge in [-0.25, -0.2) is 13.1 Å². The van der Waals surface area contributed by atoms with Crippen LogP contribution in [0.5, 0.6) is 0 Å². The molecule has 0 radical (unpaired) electrons. The lowest BCUT2D eigenvalue weighted by molar-refractivity contribution is 0.308. The van der Waals surface area contributed by atoms with E-state index in [1.165, 1.54) is 0 Å². The summed E-state index contributed by atoms with van der Waals surface area (Å²) in [5, 5.41) is 2.66. The van der Waals surface area contributed by atoms with E-state index < -0.39 is 10.0 Å². The third-order valence-electron chi connectivity index (χ3n) is 2.84. The Kier molecular flexibility index (Phi) is 8.77. The van der Waals surface area contributed by atoms with Crippen molar-refractivity contribution < 1.29 is 8.42 Å². The number of likely N-dealkylation sites (N-methyl/N-ethyl adjacent to an activating group) is 1. The van der Waals surface area contributed by atoms with E-state index >= 15 is 0 Å². The molecule has 0 heterocycles. The molecule has 1 atom stereocenters. The molecule has 0 aromatic rings. The van der Waals surface area contributed by atoms with E-state index in [4.69, 9.17) is 0 Å². The number of hydrogen-bond acceptors (Lipinski definition) is 4. The maximum atomic E-state index is 11.8. The standard InChI is InChI=1S/C11H27N3O2S/c1-5-12-10-11(4)17(15,16)13-8-9-14(6-2)7-3/h11-13H,5-10H2,1-4H3. The normalized spacial score (nSPS) is 14.2. The van der Waals surface area contributed by atoms with Crippen LogP contribution in [0.4, 0.5) is 0 Å². The Balaban J connectivity index is 4.00. The Labute approximate surface area is 106 Å². The van der Waals surface area contributed by atoms with Crippen molar-refractivity contribution >= 4 is 10.0 Å². The fourth-order valence-electron chi connectivity index (χ4n) is 1.49. The van der Waals surface area contributed by atoms with E-state index in [0.29, 0.717) is 13.1 Å². The lowest BCUT2D eigenvalue weighted by Gasteiger charge is -2.19. The minimum absolute atomic E-state index is 0.390. The molecule has 0 aromatic carbocycles. The van der Waals surface area contributed by atoms with Gasteiger partial charge in [0, 0.05) is 19.6 Å². The fraction of sp³-hybridized carbons (Fsp3) is 1.00. The van der Waals surface area contributed by atoms with Crippen molar-refractivity contribution in [3.63, 3.8) is 0 Å². The second-order valence-corrected chi connectivity index (χ2v) is 6.27. The molecule has 1 unspecified atom stereocenters. The van der Waals surface area contributed by atoms with Crippen LogP contribution in [0.1, 0.15) is 27.7 Å². The lowest BCUT2D eigenvalue weighted by Crippen LogP contribution is -2.42. The Hall–Kier alpha value is -0.170. The Bertz CT molecular complexity index is 276. The molecule has 0 spiro atoms. The van der Waals surface area contributed by atoms with Gasteiger partial charge in [-0.1, -0.05) is 20.8 Å². The van der Waals surface area contributed by atoms with Crippen molar-refractivity contribution in [2.75, 3.05) is 39.3 Å². The van der Waals surface area contributed by atoms with Crippen LogP contribution in [0.3, 0.4) is 0 Å². The van der Waals surface area contributed by atoms with Crippen molar-refractivity contribution in [2.45, 2.75) is 32.9 Å². The van der Waals surface area contributed by atoms with E-state index in [2.05, 4.69) is 28.8 Å². The van der Waals surface area contributed by atoms with E-state index in [1.54, 1.807) is 6.92 Å². The highest BCUT2D eigenvalue weighted by atomic mass is 32.2. The molecular weight excluding hydrogens is 238 g/mol. The first-order valence-corrected chi connectivity index (χ1v) is 7.94. The van der Waals surface area contributed by atoms with E-state index in [0.717, 1.165) is 26.2 Å². The molecule has 0 amide bonds. The summed E-state index contributed by atoms with van der Waals surface area (Å²) in [6.45, 7) is 12.3. The highest BCUT2D eigenvalue weighted by Crippen LogP contribution is 1.96. The summed E-state index contributed by atoms with van der Waals surface area (Å²) >= 11 is 0. The van der Waals surface area contributed by atoms with Gasteiger partial charge in [-0.05, 0) is 26.6 Å². The molecule has 6 heteroatoms. The van der Waals surface area contributed by atoms with Gasteiger partial charge in [0.2, 0.25) is 10.0 Å². The second-order valence-electron chi connectivity index (χ2n) is 4.08. The van der Waals surface area contributed by atoms with Gasteiger partial charge in [0.15, 0.2) is 0 Å². The molecule has 0 aliphatic carbocycles. The van der Waals surface area contributed by atoms with Crippen LogP contribution in [0, 0.1) is 0 Å². The molecule has 0 rings (SSSR count). The summed E-state index contributed by atoms with van der Waals surface area (Å²) in [5.41, 5.74) is 0. The van der Waals surface area contributed by atoms with Crippen molar-refractivity contribution in [1.29, 1.82) is 0 Å². The smallest absolute Gasteiger partial charge is 0.215 e. The first-order chi connectivity index (χ1) is 7.97. The van der Waals surface area contributed by atoms with Gasteiger partial charge in [-0.3, -0.25) is 0 Å².